The molecule has 6 nitrogen and oxygen atoms in total. The highest BCUT2D eigenvalue weighted by atomic mass is 35.5. The van der Waals surface area contributed by atoms with Crippen molar-refractivity contribution in [2.75, 3.05) is 13.2 Å². The minimum absolute atomic E-state index is 0.0163. The molecule has 0 unspecified atom stereocenters. The zero-order valence-electron chi connectivity index (χ0n) is 15.1. The van der Waals surface area contributed by atoms with Gasteiger partial charge in [0.05, 0.1) is 28.9 Å². The number of nitrogens with one attached hydrogen (secondary N) is 2. The molecule has 26 heavy (non-hydrogen) atoms. The van der Waals surface area contributed by atoms with Crippen molar-refractivity contribution >= 4 is 35.2 Å². The second kappa shape index (κ2) is 9.26. The molecule has 0 spiro atoms. The highest BCUT2D eigenvalue weighted by molar-refractivity contribution is 6.35. The van der Waals surface area contributed by atoms with Crippen molar-refractivity contribution in [1.82, 2.24) is 10.6 Å². The van der Waals surface area contributed by atoms with Gasteiger partial charge in [0.1, 0.15) is 12.6 Å². The number of esters is 1. The molecule has 142 valence electrons. The molecule has 1 aromatic carbocycles. The first kappa shape index (κ1) is 20.6. The van der Waals surface area contributed by atoms with Gasteiger partial charge in [0.2, 0.25) is 0 Å². The molecule has 0 saturated heterocycles. The topological polar surface area (TPSA) is 84.0 Å². The average Bonchev–Trinajstić information content (AvgIpc) is 2.59. The first-order valence-corrected chi connectivity index (χ1v) is 9.38. The largest absolute Gasteiger partial charge is 0.463 e. The summed E-state index contributed by atoms with van der Waals surface area (Å²) in [5, 5.41) is 8.67. The number of halogens is 2. The van der Waals surface area contributed by atoms with Gasteiger partial charge < -0.3 is 20.7 Å². The van der Waals surface area contributed by atoms with E-state index < -0.39 is 5.97 Å². The summed E-state index contributed by atoms with van der Waals surface area (Å²) in [6, 6.07) is 4.71. The van der Waals surface area contributed by atoms with E-state index >= 15 is 0 Å². The van der Waals surface area contributed by atoms with Gasteiger partial charge in [-0.1, -0.05) is 36.2 Å². The molecule has 1 aliphatic rings. The van der Waals surface area contributed by atoms with Crippen molar-refractivity contribution in [3.63, 3.8) is 0 Å². The number of urea groups is 1. The van der Waals surface area contributed by atoms with Crippen LogP contribution in [-0.4, -0.2) is 31.2 Å². The third kappa shape index (κ3) is 4.90. The summed E-state index contributed by atoms with van der Waals surface area (Å²) in [7, 11) is 0. The van der Waals surface area contributed by atoms with Crippen LogP contribution in [0.15, 0.2) is 29.5 Å². The van der Waals surface area contributed by atoms with Crippen molar-refractivity contribution in [3.05, 3.63) is 45.1 Å². The predicted octanol–water partition coefficient (Wildman–Crippen LogP) is 2.53. The molecule has 1 aromatic rings. The van der Waals surface area contributed by atoms with E-state index in [-0.39, 0.29) is 24.7 Å². The first-order valence-electron chi connectivity index (χ1n) is 8.63. The van der Waals surface area contributed by atoms with Gasteiger partial charge in [0, 0.05) is 10.6 Å². The lowest BCUT2D eigenvalue weighted by Crippen LogP contribution is -2.86. The molecule has 2 rings (SSSR count). The number of hydrogen-bond acceptors (Lipinski definition) is 3. The Hall–Kier alpha value is -1.76. The second-order valence-electron chi connectivity index (χ2n) is 6.07. The van der Waals surface area contributed by atoms with Crippen molar-refractivity contribution in [3.8, 4) is 0 Å². The summed E-state index contributed by atoms with van der Waals surface area (Å²) in [4.78, 5) is 24.3. The number of ether oxygens (including phenoxy) is 1. The number of quaternary nitrogens is 1. The van der Waals surface area contributed by atoms with E-state index in [1.807, 2.05) is 25.2 Å². The van der Waals surface area contributed by atoms with Gasteiger partial charge in [-0.05, 0) is 32.4 Å². The highest BCUT2D eigenvalue weighted by Gasteiger charge is 2.32. The number of nitrogens with two attached hydrogens (primary N) is 1. The molecule has 8 heteroatoms. The molecule has 0 aliphatic carbocycles. The lowest BCUT2D eigenvalue weighted by Gasteiger charge is -2.28. The molecule has 2 atom stereocenters. The standard InChI is InChI=1S/C18H23Cl2N3O3/c1-4-14-16(17(24)26-5-2)15(23-18(25)22-14)9-21-10(3)12-7-6-11(19)8-13(12)20/h6-8,10,14,21H,4-5,9H2,1-3H3,(H2,22,23,25)/p+1/t10-,14+/m1/s1. The first-order chi connectivity index (χ1) is 12.4. The van der Waals surface area contributed by atoms with E-state index in [9.17, 15) is 9.59 Å². The van der Waals surface area contributed by atoms with E-state index in [4.69, 9.17) is 27.9 Å². The van der Waals surface area contributed by atoms with E-state index in [1.165, 1.54) is 0 Å². The number of carbonyl (C=O) groups excluding carboxylic acids is 2. The summed E-state index contributed by atoms with van der Waals surface area (Å²) in [6.45, 7) is 6.36. The molecule has 0 fully saturated rings. The van der Waals surface area contributed by atoms with Crippen LogP contribution < -0.4 is 16.0 Å². The van der Waals surface area contributed by atoms with Crippen LogP contribution in [0.3, 0.4) is 0 Å². The third-order valence-electron chi connectivity index (χ3n) is 4.28. The highest BCUT2D eigenvalue weighted by Crippen LogP contribution is 2.24. The quantitative estimate of drug-likeness (QED) is 0.614. The number of benzene rings is 1. The van der Waals surface area contributed by atoms with Gasteiger partial charge in [-0.15, -0.1) is 0 Å². The monoisotopic (exact) mass is 400 g/mol. The smallest absolute Gasteiger partial charge is 0.338 e. The van der Waals surface area contributed by atoms with Gasteiger partial charge in [0.25, 0.3) is 0 Å². The molecule has 1 heterocycles. The van der Waals surface area contributed by atoms with Crippen molar-refractivity contribution in [2.24, 2.45) is 0 Å². The maximum absolute atomic E-state index is 12.4. The van der Waals surface area contributed by atoms with E-state index in [0.717, 1.165) is 5.56 Å². The zero-order valence-corrected chi connectivity index (χ0v) is 16.6. The Morgan fingerprint density at radius 1 is 1.35 bits per heavy atom. The van der Waals surface area contributed by atoms with E-state index in [2.05, 4.69) is 10.6 Å². The van der Waals surface area contributed by atoms with Crippen LogP contribution in [0.25, 0.3) is 0 Å². The average molecular weight is 401 g/mol. The minimum atomic E-state index is -0.410. The van der Waals surface area contributed by atoms with Crippen LogP contribution in [0.1, 0.15) is 38.8 Å². The number of carbonyl (C=O) groups is 2. The lowest BCUT2D eigenvalue weighted by molar-refractivity contribution is -0.686. The van der Waals surface area contributed by atoms with Crippen molar-refractivity contribution in [1.29, 1.82) is 0 Å². The van der Waals surface area contributed by atoms with Crippen LogP contribution in [0.4, 0.5) is 4.79 Å². The Balaban J connectivity index is 2.21. The fourth-order valence-corrected chi connectivity index (χ4v) is 3.50. The molecule has 2 amide bonds. The fraction of sp³-hybridized carbons (Fsp3) is 0.444. The maximum Gasteiger partial charge on any atom is 0.338 e. The number of rotatable bonds is 7. The van der Waals surface area contributed by atoms with Gasteiger partial charge in [-0.2, -0.15) is 0 Å². The molecule has 0 bridgehead atoms. The van der Waals surface area contributed by atoms with Crippen molar-refractivity contribution in [2.45, 2.75) is 39.3 Å². The fourth-order valence-electron chi connectivity index (χ4n) is 2.92. The molecular formula is C18H24Cl2N3O3+. The Morgan fingerprint density at radius 2 is 2.08 bits per heavy atom. The van der Waals surface area contributed by atoms with Crippen molar-refractivity contribution < 1.29 is 19.6 Å². The molecule has 0 saturated carbocycles. The van der Waals surface area contributed by atoms with Gasteiger partial charge in [-0.25, -0.2) is 9.59 Å². The Labute approximate surface area is 163 Å². The molecule has 4 N–H and O–H groups in total. The summed E-state index contributed by atoms with van der Waals surface area (Å²) in [5.41, 5.74) is 1.97. The molecular weight excluding hydrogens is 377 g/mol. The summed E-state index contributed by atoms with van der Waals surface area (Å²) < 4.78 is 5.16. The van der Waals surface area contributed by atoms with Gasteiger partial charge in [0.15, 0.2) is 0 Å². The van der Waals surface area contributed by atoms with Crippen LogP contribution in [0.5, 0.6) is 0 Å². The third-order valence-corrected chi connectivity index (χ3v) is 4.84. The summed E-state index contributed by atoms with van der Waals surface area (Å²) in [5.74, 6) is -0.410. The molecule has 0 radical (unpaired) electrons. The minimum Gasteiger partial charge on any atom is -0.463 e. The summed E-state index contributed by atoms with van der Waals surface area (Å²) in [6.07, 6.45) is 0.601. The molecule has 0 aromatic heterocycles. The number of amides is 2. The normalized spacial score (nSPS) is 18.2. The van der Waals surface area contributed by atoms with Gasteiger partial charge >= 0.3 is 12.0 Å². The zero-order chi connectivity index (χ0) is 19.3. The predicted molar refractivity (Wildman–Crippen MR) is 101 cm³/mol. The van der Waals surface area contributed by atoms with Crippen LogP contribution in [0, 0.1) is 0 Å². The van der Waals surface area contributed by atoms with Gasteiger partial charge in [-0.3, -0.25) is 0 Å². The van der Waals surface area contributed by atoms with Crippen LogP contribution >= 0.6 is 23.2 Å². The van der Waals surface area contributed by atoms with E-state index in [1.54, 1.807) is 19.1 Å². The Kier molecular flexibility index (Phi) is 7.32. The van der Waals surface area contributed by atoms with Crippen LogP contribution in [0.2, 0.25) is 10.0 Å². The maximum atomic E-state index is 12.4. The number of hydrogen-bond donors (Lipinski definition) is 3. The Bertz CT molecular complexity index is 722. The lowest BCUT2D eigenvalue weighted by atomic mass is 10.00. The van der Waals surface area contributed by atoms with E-state index in [0.29, 0.717) is 34.3 Å². The summed E-state index contributed by atoms with van der Waals surface area (Å²) >= 11 is 12.2. The molecule has 1 aliphatic heterocycles. The Morgan fingerprint density at radius 3 is 2.69 bits per heavy atom. The second-order valence-corrected chi connectivity index (χ2v) is 6.91. The van der Waals surface area contributed by atoms with Crippen LogP contribution in [-0.2, 0) is 9.53 Å². The SMILES string of the molecule is CCOC(=O)C1=C(C[NH2+][C@H](C)c2ccc(Cl)cc2Cl)NC(=O)N[C@H]1CC.